The Bertz CT molecular complexity index is 623. The molecule has 104 valence electrons. The second-order valence-electron chi connectivity index (χ2n) is 4.49. The van der Waals surface area contributed by atoms with E-state index in [4.69, 9.17) is 4.84 Å². The largest absolute Gasteiger partial charge is 0.395 e. The Balaban J connectivity index is 2.65. The number of sulfone groups is 1. The molecule has 0 aromatic heterocycles. The molecule has 0 saturated heterocycles. The lowest BCUT2D eigenvalue weighted by molar-refractivity contribution is 0.174. The summed E-state index contributed by atoms with van der Waals surface area (Å²) < 4.78 is 25.6. The normalized spacial score (nSPS) is 15.2. The summed E-state index contributed by atoms with van der Waals surface area (Å²) in [5.41, 5.74) is 2.30. The smallest absolute Gasteiger partial charge is 0.179 e. The zero-order chi connectivity index (χ0) is 14.0. The summed E-state index contributed by atoms with van der Waals surface area (Å²) in [5.74, 6) is 0.148. The molecule has 0 saturated carbocycles. The van der Waals surface area contributed by atoms with Gasteiger partial charge < -0.3 is 4.84 Å². The van der Waals surface area contributed by atoms with E-state index in [1.807, 2.05) is 13.8 Å². The Hall–Kier alpha value is -0.880. The summed E-state index contributed by atoms with van der Waals surface area (Å²) in [7, 11) is -3.27. The minimum absolute atomic E-state index is 0.148. The first-order valence-electron chi connectivity index (χ1n) is 6.18. The molecule has 0 fully saturated rings. The van der Waals surface area contributed by atoms with Gasteiger partial charge in [0.05, 0.1) is 16.4 Å². The van der Waals surface area contributed by atoms with Crippen molar-refractivity contribution in [2.75, 3.05) is 12.4 Å². The molecule has 1 heterocycles. The van der Waals surface area contributed by atoms with E-state index in [0.717, 1.165) is 10.0 Å². The molecular formula is C13H16BrNO3S. The van der Waals surface area contributed by atoms with Crippen LogP contribution in [0.5, 0.6) is 0 Å². The van der Waals surface area contributed by atoms with Gasteiger partial charge in [-0.1, -0.05) is 28.0 Å². The SMILES string of the molecule is CCCS(=O)(=O)c1ccc(Br)c(C)c1C1=NOCC1. The molecule has 0 atom stereocenters. The molecule has 4 nitrogen and oxygen atoms in total. The minimum atomic E-state index is -3.27. The maximum Gasteiger partial charge on any atom is 0.179 e. The molecule has 0 radical (unpaired) electrons. The maximum atomic E-state index is 12.4. The topological polar surface area (TPSA) is 55.7 Å². The summed E-state index contributed by atoms with van der Waals surface area (Å²) in [4.78, 5) is 5.37. The van der Waals surface area contributed by atoms with Crippen molar-refractivity contribution in [2.45, 2.75) is 31.6 Å². The van der Waals surface area contributed by atoms with Crippen molar-refractivity contribution in [1.29, 1.82) is 0 Å². The van der Waals surface area contributed by atoms with Crippen LogP contribution in [-0.4, -0.2) is 26.5 Å². The molecule has 6 heteroatoms. The Morgan fingerprint density at radius 3 is 2.74 bits per heavy atom. The first-order chi connectivity index (χ1) is 8.97. The van der Waals surface area contributed by atoms with Crippen molar-refractivity contribution in [3.8, 4) is 0 Å². The van der Waals surface area contributed by atoms with Gasteiger partial charge in [0.1, 0.15) is 6.61 Å². The Labute approximate surface area is 121 Å². The maximum absolute atomic E-state index is 12.4. The van der Waals surface area contributed by atoms with Crippen LogP contribution in [0, 0.1) is 6.92 Å². The minimum Gasteiger partial charge on any atom is -0.395 e. The first-order valence-corrected chi connectivity index (χ1v) is 8.63. The quantitative estimate of drug-likeness (QED) is 0.842. The molecule has 1 aromatic carbocycles. The number of nitrogens with zero attached hydrogens (tertiary/aromatic N) is 1. The third-order valence-electron chi connectivity index (χ3n) is 3.06. The number of hydrogen-bond acceptors (Lipinski definition) is 4. The summed E-state index contributed by atoms with van der Waals surface area (Å²) in [6, 6.07) is 3.43. The van der Waals surface area contributed by atoms with Gasteiger partial charge >= 0.3 is 0 Å². The second kappa shape index (κ2) is 5.63. The summed E-state index contributed by atoms with van der Waals surface area (Å²) in [5, 5.41) is 3.97. The van der Waals surface area contributed by atoms with Crippen LogP contribution in [0.25, 0.3) is 0 Å². The molecular weight excluding hydrogens is 330 g/mol. The number of halogens is 1. The van der Waals surface area contributed by atoms with Crippen LogP contribution in [0.15, 0.2) is 26.7 Å². The summed E-state index contributed by atoms with van der Waals surface area (Å²) >= 11 is 3.44. The van der Waals surface area contributed by atoms with Gasteiger partial charge in [-0.3, -0.25) is 0 Å². The van der Waals surface area contributed by atoms with Crippen molar-refractivity contribution in [2.24, 2.45) is 5.16 Å². The van der Waals surface area contributed by atoms with E-state index in [1.54, 1.807) is 12.1 Å². The van der Waals surface area contributed by atoms with Crippen LogP contribution >= 0.6 is 15.9 Å². The highest BCUT2D eigenvalue weighted by Gasteiger charge is 2.25. The predicted molar refractivity (Wildman–Crippen MR) is 78.3 cm³/mol. The van der Waals surface area contributed by atoms with E-state index in [2.05, 4.69) is 21.1 Å². The molecule has 2 rings (SSSR count). The van der Waals surface area contributed by atoms with E-state index in [1.165, 1.54) is 0 Å². The zero-order valence-electron chi connectivity index (χ0n) is 10.9. The molecule has 1 aliphatic heterocycles. The first kappa shape index (κ1) is 14.5. The predicted octanol–water partition coefficient (Wildman–Crippen LogP) is 3.07. The lowest BCUT2D eigenvalue weighted by atomic mass is 10.0. The molecule has 0 N–H and O–H groups in total. The monoisotopic (exact) mass is 345 g/mol. The standard InChI is InChI=1S/C13H16BrNO3S/c1-3-8-19(16,17)12-5-4-10(14)9(2)13(12)11-6-7-18-15-11/h4-5H,3,6-8H2,1-2H3. The van der Waals surface area contributed by atoms with Crippen molar-refractivity contribution >= 4 is 31.5 Å². The van der Waals surface area contributed by atoms with Crippen LogP contribution in [0.1, 0.15) is 30.9 Å². The number of oxime groups is 1. The van der Waals surface area contributed by atoms with Gasteiger partial charge in [-0.15, -0.1) is 0 Å². The lowest BCUT2D eigenvalue weighted by Crippen LogP contribution is -2.14. The molecule has 0 unspecified atom stereocenters. The number of rotatable bonds is 4. The Morgan fingerprint density at radius 1 is 1.42 bits per heavy atom. The van der Waals surface area contributed by atoms with E-state index < -0.39 is 9.84 Å². The van der Waals surface area contributed by atoms with Crippen molar-refractivity contribution in [3.05, 3.63) is 27.7 Å². The van der Waals surface area contributed by atoms with E-state index >= 15 is 0 Å². The fourth-order valence-electron chi connectivity index (χ4n) is 2.14. The third kappa shape index (κ3) is 2.84. The lowest BCUT2D eigenvalue weighted by Gasteiger charge is -2.13. The van der Waals surface area contributed by atoms with Gasteiger partial charge in [0.2, 0.25) is 0 Å². The molecule has 1 aromatic rings. The van der Waals surface area contributed by atoms with Crippen LogP contribution in [-0.2, 0) is 14.7 Å². The average molecular weight is 346 g/mol. The van der Waals surface area contributed by atoms with Gasteiger partial charge in [-0.25, -0.2) is 8.42 Å². The second-order valence-corrected chi connectivity index (χ2v) is 7.42. The van der Waals surface area contributed by atoms with Crippen LogP contribution < -0.4 is 0 Å². The van der Waals surface area contributed by atoms with Crippen LogP contribution in [0.3, 0.4) is 0 Å². The van der Waals surface area contributed by atoms with Gasteiger partial charge in [-0.05, 0) is 31.0 Å². The highest BCUT2D eigenvalue weighted by Crippen LogP contribution is 2.30. The fraction of sp³-hybridized carbons (Fsp3) is 0.462. The van der Waals surface area contributed by atoms with Gasteiger partial charge in [0.25, 0.3) is 0 Å². The molecule has 0 bridgehead atoms. The highest BCUT2D eigenvalue weighted by molar-refractivity contribution is 9.10. The number of benzene rings is 1. The zero-order valence-corrected chi connectivity index (χ0v) is 13.3. The molecule has 1 aliphatic rings. The van der Waals surface area contributed by atoms with Crippen LogP contribution in [0.4, 0.5) is 0 Å². The average Bonchev–Trinajstić information content (AvgIpc) is 2.85. The van der Waals surface area contributed by atoms with Crippen molar-refractivity contribution in [1.82, 2.24) is 0 Å². The number of hydrogen-bond donors (Lipinski definition) is 0. The Kier molecular flexibility index (Phi) is 4.30. The summed E-state index contributed by atoms with van der Waals surface area (Å²) in [6.45, 7) is 4.26. The molecule has 0 aliphatic carbocycles. The van der Waals surface area contributed by atoms with E-state index in [0.29, 0.717) is 35.6 Å². The fourth-order valence-corrected chi connectivity index (χ4v) is 4.09. The molecule has 0 amide bonds. The Morgan fingerprint density at radius 2 is 2.16 bits per heavy atom. The summed E-state index contributed by atoms with van der Waals surface area (Å²) in [6.07, 6.45) is 1.24. The van der Waals surface area contributed by atoms with Gasteiger partial charge in [0.15, 0.2) is 9.84 Å². The highest BCUT2D eigenvalue weighted by atomic mass is 79.9. The molecule has 0 spiro atoms. The van der Waals surface area contributed by atoms with Gasteiger partial charge in [-0.2, -0.15) is 0 Å². The van der Waals surface area contributed by atoms with Crippen LogP contribution in [0.2, 0.25) is 0 Å². The van der Waals surface area contributed by atoms with E-state index in [-0.39, 0.29) is 5.75 Å². The van der Waals surface area contributed by atoms with Gasteiger partial charge in [0, 0.05) is 16.5 Å². The van der Waals surface area contributed by atoms with Crippen molar-refractivity contribution < 1.29 is 13.3 Å². The van der Waals surface area contributed by atoms with E-state index in [9.17, 15) is 8.42 Å². The van der Waals surface area contributed by atoms with Crippen molar-refractivity contribution in [3.63, 3.8) is 0 Å². The molecule has 19 heavy (non-hydrogen) atoms. The third-order valence-corrected chi connectivity index (χ3v) is 5.88.